The Morgan fingerprint density at radius 3 is 2.60 bits per heavy atom. The summed E-state index contributed by atoms with van der Waals surface area (Å²) in [6.45, 7) is 4.31. The summed E-state index contributed by atoms with van der Waals surface area (Å²) in [5, 5.41) is 11.0. The number of pyridine rings is 1. The van der Waals surface area contributed by atoms with Crippen LogP contribution in [-0.2, 0) is 6.42 Å². The van der Waals surface area contributed by atoms with Gasteiger partial charge in [0.05, 0.1) is 0 Å². The Morgan fingerprint density at radius 2 is 1.92 bits per heavy atom. The minimum atomic E-state index is 0.299. The van der Waals surface area contributed by atoms with Crippen molar-refractivity contribution in [3.8, 4) is 11.6 Å². The van der Waals surface area contributed by atoms with Crippen LogP contribution < -0.4 is 20.7 Å². The number of nitrogens with one attached hydrogen (secondary N) is 3. The predicted octanol–water partition coefficient (Wildman–Crippen LogP) is 2.10. The molecule has 3 N–H and O–H groups in total. The molecule has 2 aromatic rings. The largest absolute Gasteiger partial charge is 0.439 e. The van der Waals surface area contributed by atoms with E-state index in [-0.39, 0.29) is 0 Å². The lowest BCUT2D eigenvalue weighted by atomic mass is 9.85. The van der Waals surface area contributed by atoms with E-state index in [1.807, 2.05) is 42.6 Å². The van der Waals surface area contributed by atoms with Gasteiger partial charge in [-0.15, -0.1) is 0 Å². The summed E-state index contributed by atoms with van der Waals surface area (Å²) in [5.74, 6) is 1.45. The minimum Gasteiger partial charge on any atom is -0.439 e. The zero-order valence-corrected chi connectivity index (χ0v) is 14.5. The Hall–Kier alpha value is -1.95. The molecule has 0 bridgehead atoms. The van der Waals surface area contributed by atoms with Crippen molar-refractivity contribution in [1.82, 2.24) is 20.9 Å². The van der Waals surface area contributed by atoms with Gasteiger partial charge in [-0.2, -0.15) is 0 Å². The van der Waals surface area contributed by atoms with Crippen LogP contribution >= 0.6 is 0 Å². The summed E-state index contributed by atoms with van der Waals surface area (Å²) in [5.41, 5.74) is 1.54. The van der Waals surface area contributed by atoms with E-state index in [2.05, 4.69) is 27.0 Å². The van der Waals surface area contributed by atoms with Gasteiger partial charge >= 0.3 is 0 Å². The molecule has 1 unspecified atom stereocenters. The highest BCUT2D eigenvalue weighted by Crippen LogP contribution is 2.22. The van der Waals surface area contributed by atoms with Gasteiger partial charge in [-0.3, -0.25) is 0 Å². The quantitative estimate of drug-likeness (QED) is 0.797. The smallest absolute Gasteiger partial charge is 0.219 e. The molecule has 2 fully saturated rings. The normalized spacial score (nSPS) is 22.6. The highest BCUT2D eigenvalue weighted by atomic mass is 16.5. The number of ether oxygens (including phenoxy) is 1. The van der Waals surface area contributed by atoms with Crippen molar-refractivity contribution in [3.63, 3.8) is 0 Å². The van der Waals surface area contributed by atoms with E-state index in [4.69, 9.17) is 4.74 Å². The number of hydrogen-bond acceptors (Lipinski definition) is 5. The third-order valence-corrected chi connectivity index (χ3v) is 5.26. The molecule has 1 atom stereocenters. The number of benzene rings is 1. The van der Waals surface area contributed by atoms with Crippen molar-refractivity contribution >= 4 is 0 Å². The molecule has 2 aliphatic heterocycles. The van der Waals surface area contributed by atoms with Crippen molar-refractivity contribution in [2.45, 2.75) is 30.8 Å². The summed E-state index contributed by atoms with van der Waals surface area (Å²) in [4.78, 5) is 4.44. The van der Waals surface area contributed by atoms with Gasteiger partial charge in [0, 0.05) is 36.9 Å². The molecule has 1 spiro atoms. The van der Waals surface area contributed by atoms with E-state index < -0.39 is 0 Å². The van der Waals surface area contributed by atoms with Crippen LogP contribution in [0.25, 0.3) is 0 Å². The average Bonchev–Trinajstić information content (AvgIpc) is 2.67. The number of hydrogen-bond donors (Lipinski definition) is 3. The molecule has 1 aromatic heterocycles. The topological polar surface area (TPSA) is 58.2 Å². The van der Waals surface area contributed by atoms with Crippen LogP contribution in [-0.4, -0.2) is 42.7 Å². The van der Waals surface area contributed by atoms with E-state index >= 15 is 0 Å². The lowest BCUT2D eigenvalue weighted by molar-refractivity contribution is 0.183. The standard InChI is InChI=1S/C20H26N4O/c1-2-4-18(5-3-1)25-19-7-6-16(13-22-19)12-17-14-24-20(15-23-17)8-10-21-11-9-20/h1-7,13,17,21,23-24H,8-12,14-15H2. The maximum absolute atomic E-state index is 5.75. The third kappa shape index (κ3) is 4.18. The monoisotopic (exact) mass is 338 g/mol. The fourth-order valence-corrected chi connectivity index (χ4v) is 3.70. The second kappa shape index (κ2) is 7.52. The van der Waals surface area contributed by atoms with Gasteiger partial charge in [-0.1, -0.05) is 24.3 Å². The lowest BCUT2D eigenvalue weighted by Gasteiger charge is -2.44. The van der Waals surface area contributed by atoms with Gasteiger partial charge in [-0.05, 0) is 50.0 Å². The molecule has 3 heterocycles. The molecular weight excluding hydrogens is 312 g/mol. The summed E-state index contributed by atoms with van der Waals surface area (Å²) in [6.07, 6.45) is 5.33. The number of para-hydroxylation sites is 1. The maximum Gasteiger partial charge on any atom is 0.219 e. The summed E-state index contributed by atoms with van der Waals surface area (Å²) < 4.78 is 5.75. The van der Waals surface area contributed by atoms with E-state index in [0.717, 1.165) is 38.3 Å². The average molecular weight is 338 g/mol. The third-order valence-electron chi connectivity index (χ3n) is 5.26. The zero-order chi connectivity index (χ0) is 17.0. The predicted molar refractivity (Wildman–Crippen MR) is 99.1 cm³/mol. The summed E-state index contributed by atoms with van der Waals surface area (Å²) >= 11 is 0. The SMILES string of the molecule is c1ccc(Oc2ccc(CC3CNC4(CCNCC4)CN3)cn2)cc1. The summed E-state index contributed by atoms with van der Waals surface area (Å²) in [7, 11) is 0. The first-order valence-corrected chi connectivity index (χ1v) is 9.18. The molecule has 1 aromatic carbocycles. The van der Waals surface area contributed by atoms with Crippen molar-refractivity contribution < 1.29 is 4.74 Å². The first-order chi connectivity index (χ1) is 12.3. The first kappa shape index (κ1) is 16.5. The number of rotatable bonds is 4. The number of aromatic nitrogens is 1. The van der Waals surface area contributed by atoms with Crippen LogP contribution in [0.4, 0.5) is 0 Å². The molecule has 2 saturated heterocycles. The Balaban J connectivity index is 1.30. The molecule has 0 radical (unpaired) electrons. The molecule has 4 rings (SSSR count). The van der Waals surface area contributed by atoms with E-state index in [0.29, 0.717) is 17.5 Å². The highest BCUT2D eigenvalue weighted by molar-refractivity contribution is 5.27. The second-order valence-electron chi connectivity index (χ2n) is 7.11. The van der Waals surface area contributed by atoms with Gasteiger partial charge in [0.15, 0.2) is 0 Å². The van der Waals surface area contributed by atoms with Gasteiger partial charge in [0.2, 0.25) is 5.88 Å². The first-order valence-electron chi connectivity index (χ1n) is 9.18. The Kier molecular flexibility index (Phi) is 4.97. The molecule has 2 aliphatic rings. The van der Waals surface area contributed by atoms with Crippen LogP contribution in [0.5, 0.6) is 11.6 Å². The van der Waals surface area contributed by atoms with E-state index in [9.17, 15) is 0 Å². The molecule has 25 heavy (non-hydrogen) atoms. The van der Waals surface area contributed by atoms with Crippen molar-refractivity contribution in [2.24, 2.45) is 0 Å². The van der Waals surface area contributed by atoms with Crippen LogP contribution in [0.15, 0.2) is 48.7 Å². The van der Waals surface area contributed by atoms with Gasteiger partial charge in [-0.25, -0.2) is 4.98 Å². The Morgan fingerprint density at radius 1 is 1.08 bits per heavy atom. The minimum absolute atomic E-state index is 0.299. The molecule has 0 amide bonds. The highest BCUT2D eigenvalue weighted by Gasteiger charge is 2.35. The molecule has 0 saturated carbocycles. The fraction of sp³-hybridized carbons (Fsp3) is 0.450. The van der Waals surface area contributed by atoms with Crippen LogP contribution in [0.2, 0.25) is 0 Å². The van der Waals surface area contributed by atoms with Crippen molar-refractivity contribution in [3.05, 3.63) is 54.2 Å². The van der Waals surface area contributed by atoms with Gasteiger partial charge < -0.3 is 20.7 Å². The number of nitrogens with zero attached hydrogens (tertiary/aromatic N) is 1. The number of piperazine rings is 1. The number of piperidine rings is 1. The lowest BCUT2D eigenvalue weighted by Crippen LogP contribution is -2.66. The fourth-order valence-electron chi connectivity index (χ4n) is 3.70. The van der Waals surface area contributed by atoms with E-state index in [1.54, 1.807) is 0 Å². The van der Waals surface area contributed by atoms with Crippen molar-refractivity contribution in [1.29, 1.82) is 0 Å². The van der Waals surface area contributed by atoms with E-state index in [1.165, 1.54) is 18.4 Å². The maximum atomic E-state index is 5.75. The summed E-state index contributed by atoms with van der Waals surface area (Å²) in [6, 6.07) is 14.3. The van der Waals surface area contributed by atoms with Crippen LogP contribution in [0, 0.1) is 0 Å². The van der Waals surface area contributed by atoms with Crippen LogP contribution in [0.1, 0.15) is 18.4 Å². The van der Waals surface area contributed by atoms with Crippen LogP contribution in [0.3, 0.4) is 0 Å². The van der Waals surface area contributed by atoms with Crippen molar-refractivity contribution in [2.75, 3.05) is 26.2 Å². The Labute approximate surface area is 149 Å². The molecule has 0 aliphatic carbocycles. The molecule has 5 nitrogen and oxygen atoms in total. The second-order valence-corrected chi connectivity index (χ2v) is 7.11. The molecular formula is C20H26N4O. The van der Waals surface area contributed by atoms with Gasteiger partial charge in [0.25, 0.3) is 0 Å². The van der Waals surface area contributed by atoms with Gasteiger partial charge in [0.1, 0.15) is 5.75 Å². The Bertz CT molecular complexity index is 658. The molecule has 132 valence electrons. The molecule has 5 heteroatoms. The zero-order valence-electron chi connectivity index (χ0n) is 14.5.